The Morgan fingerprint density at radius 2 is 2.15 bits per heavy atom. The van der Waals surface area contributed by atoms with Crippen LogP contribution in [0.3, 0.4) is 0 Å². The van der Waals surface area contributed by atoms with E-state index in [1.807, 2.05) is 0 Å². The van der Waals surface area contributed by atoms with Gasteiger partial charge in [0.15, 0.2) is 0 Å². The summed E-state index contributed by atoms with van der Waals surface area (Å²) >= 11 is 10.5. The van der Waals surface area contributed by atoms with Crippen LogP contribution in [0.4, 0.5) is 5.69 Å². The van der Waals surface area contributed by atoms with Crippen molar-refractivity contribution in [1.82, 2.24) is 13.7 Å². The number of rotatable bonds is 2. The molecule has 8 heteroatoms. The zero-order chi connectivity index (χ0) is 14.1. The molecule has 1 N–H and O–H groups in total. The van der Waals surface area contributed by atoms with Crippen LogP contribution >= 0.6 is 39.3 Å². The number of hydrogen-bond donors (Lipinski definition) is 1. The Morgan fingerprint density at radius 3 is 2.95 bits per heavy atom. The molecular formula is C12H6BrClN4OS. The molecule has 0 atom stereocenters. The van der Waals surface area contributed by atoms with Crippen molar-refractivity contribution in [2.45, 2.75) is 0 Å². The predicted octanol–water partition coefficient (Wildman–Crippen LogP) is 3.75. The lowest BCUT2D eigenvalue weighted by molar-refractivity contribution is 0.102. The van der Waals surface area contributed by atoms with Crippen LogP contribution < -0.4 is 5.32 Å². The number of carbonyl (C=O) groups is 1. The third-order valence-corrected chi connectivity index (χ3v) is 3.87. The quantitative estimate of drug-likeness (QED) is 0.747. The third-order valence-electron chi connectivity index (χ3n) is 2.58. The van der Waals surface area contributed by atoms with E-state index in [9.17, 15) is 4.79 Å². The molecule has 0 aliphatic rings. The molecule has 2 aromatic heterocycles. The van der Waals surface area contributed by atoms with Crippen molar-refractivity contribution in [2.75, 3.05) is 5.32 Å². The lowest BCUT2D eigenvalue weighted by atomic mass is 10.2. The largest absolute Gasteiger partial charge is 0.319 e. The van der Waals surface area contributed by atoms with Gasteiger partial charge < -0.3 is 5.32 Å². The van der Waals surface area contributed by atoms with Crippen molar-refractivity contribution in [3.8, 4) is 0 Å². The number of carbonyl (C=O) groups excluding carboxylic acids is 1. The van der Waals surface area contributed by atoms with Crippen LogP contribution in [0, 0.1) is 0 Å². The fraction of sp³-hybridized carbons (Fsp3) is 0. The van der Waals surface area contributed by atoms with E-state index < -0.39 is 0 Å². The summed E-state index contributed by atoms with van der Waals surface area (Å²) in [6.07, 6.45) is 3.09. The van der Waals surface area contributed by atoms with Gasteiger partial charge in [0.1, 0.15) is 11.0 Å². The van der Waals surface area contributed by atoms with Gasteiger partial charge in [0.2, 0.25) is 0 Å². The molecule has 2 heterocycles. The Bertz CT molecular complexity index is 807. The summed E-state index contributed by atoms with van der Waals surface area (Å²) in [6.45, 7) is 0. The number of nitrogens with zero attached hydrogens (tertiary/aromatic N) is 3. The molecule has 0 aliphatic carbocycles. The minimum atomic E-state index is -0.304. The van der Waals surface area contributed by atoms with Crippen LogP contribution in [0.15, 0.2) is 35.1 Å². The summed E-state index contributed by atoms with van der Waals surface area (Å²) in [5.41, 5.74) is 2.17. The smallest absolute Gasteiger partial charge is 0.257 e. The highest BCUT2D eigenvalue weighted by atomic mass is 79.9. The normalized spacial score (nSPS) is 10.7. The predicted molar refractivity (Wildman–Crippen MR) is 82.3 cm³/mol. The fourth-order valence-electron chi connectivity index (χ4n) is 1.67. The summed E-state index contributed by atoms with van der Waals surface area (Å²) in [5.74, 6) is -0.304. The van der Waals surface area contributed by atoms with Crippen molar-refractivity contribution in [3.05, 3.63) is 45.7 Å². The van der Waals surface area contributed by atoms with Crippen LogP contribution in [-0.4, -0.2) is 19.6 Å². The molecule has 1 aromatic carbocycles. The molecule has 0 radical (unpaired) electrons. The number of halogens is 2. The molecule has 100 valence electrons. The first kappa shape index (κ1) is 13.4. The van der Waals surface area contributed by atoms with Crippen LogP contribution in [-0.2, 0) is 0 Å². The van der Waals surface area contributed by atoms with Crippen LogP contribution in [0.2, 0.25) is 5.02 Å². The average molecular weight is 370 g/mol. The average Bonchev–Trinajstić information content (AvgIpc) is 2.90. The zero-order valence-corrected chi connectivity index (χ0v) is 13.0. The van der Waals surface area contributed by atoms with Gasteiger partial charge in [-0.05, 0) is 34.1 Å². The molecule has 0 aliphatic heterocycles. The third kappa shape index (κ3) is 2.52. The highest BCUT2D eigenvalue weighted by Gasteiger charge is 2.14. The van der Waals surface area contributed by atoms with Crippen molar-refractivity contribution in [3.63, 3.8) is 0 Å². The molecule has 5 nitrogen and oxygen atoms in total. The molecule has 0 spiro atoms. The molecule has 0 bridgehead atoms. The lowest BCUT2D eigenvalue weighted by Crippen LogP contribution is -2.13. The van der Waals surface area contributed by atoms with Crippen LogP contribution in [0.5, 0.6) is 0 Å². The molecule has 0 saturated carbocycles. The SMILES string of the molecule is O=C(Nc1c(Cl)ccc2nsnc12)c1cncc(Br)c1. The molecular weight excluding hydrogens is 364 g/mol. The second-order valence-corrected chi connectivity index (χ2v) is 5.75. The standard InChI is InChI=1S/C12H6BrClN4OS/c13-7-3-6(4-15-5-7)12(19)16-10-8(14)1-2-9-11(10)18-20-17-9/h1-5H,(H,16,19). The summed E-state index contributed by atoms with van der Waals surface area (Å²) < 4.78 is 8.99. The Labute approximate surface area is 131 Å². The maximum absolute atomic E-state index is 12.2. The van der Waals surface area contributed by atoms with Gasteiger partial charge in [0, 0.05) is 16.9 Å². The molecule has 1 amide bonds. The highest BCUT2D eigenvalue weighted by Crippen LogP contribution is 2.30. The highest BCUT2D eigenvalue weighted by molar-refractivity contribution is 9.10. The second-order valence-electron chi connectivity index (χ2n) is 3.90. The van der Waals surface area contributed by atoms with E-state index in [0.29, 0.717) is 27.3 Å². The maximum Gasteiger partial charge on any atom is 0.257 e. The Balaban J connectivity index is 1.99. The number of fused-ring (bicyclic) bond motifs is 1. The maximum atomic E-state index is 12.2. The molecule has 20 heavy (non-hydrogen) atoms. The topological polar surface area (TPSA) is 67.8 Å². The first-order valence-electron chi connectivity index (χ1n) is 5.48. The Kier molecular flexibility index (Phi) is 3.64. The Morgan fingerprint density at radius 1 is 1.30 bits per heavy atom. The van der Waals surface area contributed by atoms with Crippen molar-refractivity contribution in [1.29, 1.82) is 0 Å². The zero-order valence-electron chi connectivity index (χ0n) is 9.80. The lowest BCUT2D eigenvalue weighted by Gasteiger charge is -2.07. The number of hydrogen-bond acceptors (Lipinski definition) is 5. The van der Waals surface area contributed by atoms with E-state index in [4.69, 9.17) is 11.6 Å². The van der Waals surface area contributed by atoms with Gasteiger partial charge in [-0.2, -0.15) is 8.75 Å². The molecule has 0 saturated heterocycles. The van der Waals surface area contributed by atoms with Crippen molar-refractivity contribution >= 4 is 61.9 Å². The summed E-state index contributed by atoms with van der Waals surface area (Å²) in [5, 5.41) is 3.17. The van der Waals surface area contributed by atoms with Gasteiger partial charge in [-0.1, -0.05) is 11.6 Å². The molecule has 0 fully saturated rings. The minimum Gasteiger partial charge on any atom is -0.319 e. The number of pyridine rings is 1. The van der Waals surface area contributed by atoms with Crippen LogP contribution in [0.1, 0.15) is 10.4 Å². The van der Waals surface area contributed by atoms with E-state index in [0.717, 1.165) is 16.2 Å². The van der Waals surface area contributed by atoms with Crippen molar-refractivity contribution in [2.24, 2.45) is 0 Å². The first-order valence-corrected chi connectivity index (χ1v) is 7.38. The summed E-state index contributed by atoms with van der Waals surface area (Å²) in [7, 11) is 0. The van der Waals surface area contributed by atoms with E-state index in [2.05, 4.69) is 35.0 Å². The van der Waals surface area contributed by atoms with Gasteiger partial charge in [0.25, 0.3) is 5.91 Å². The van der Waals surface area contributed by atoms with Gasteiger partial charge >= 0.3 is 0 Å². The van der Waals surface area contributed by atoms with Gasteiger partial charge in [0.05, 0.1) is 28.0 Å². The van der Waals surface area contributed by atoms with E-state index in [-0.39, 0.29) is 5.91 Å². The summed E-state index contributed by atoms with van der Waals surface area (Å²) in [4.78, 5) is 16.2. The first-order chi connectivity index (χ1) is 9.65. The molecule has 3 rings (SSSR count). The molecule has 3 aromatic rings. The minimum absolute atomic E-state index is 0.304. The van der Waals surface area contributed by atoms with Gasteiger partial charge in [-0.25, -0.2) is 0 Å². The number of amides is 1. The van der Waals surface area contributed by atoms with Gasteiger partial charge in [-0.3, -0.25) is 9.78 Å². The summed E-state index contributed by atoms with van der Waals surface area (Å²) in [6, 6.07) is 5.12. The number of anilines is 1. The fourth-order valence-corrected chi connectivity index (χ4v) is 2.77. The van der Waals surface area contributed by atoms with Gasteiger partial charge in [-0.15, -0.1) is 0 Å². The monoisotopic (exact) mass is 368 g/mol. The Hall–Kier alpha value is -1.57. The second kappa shape index (κ2) is 5.43. The van der Waals surface area contributed by atoms with E-state index in [1.165, 1.54) is 6.20 Å². The van der Waals surface area contributed by atoms with E-state index >= 15 is 0 Å². The number of aromatic nitrogens is 3. The van der Waals surface area contributed by atoms with Crippen LogP contribution in [0.25, 0.3) is 11.0 Å². The number of benzene rings is 1. The number of nitrogens with one attached hydrogen (secondary N) is 1. The molecule has 0 unspecified atom stereocenters. The van der Waals surface area contributed by atoms with E-state index in [1.54, 1.807) is 24.4 Å². The van der Waals surface area contributed by atoms with Crippen molar-refractivity contribution < 1.29 is 4.79 Å².